The monoisotopic (exact) mass is 876 g/mol. The zero-order valence-electron chi connectivity index (χ0n) is 20.4. The van der Waals surface area contributed by atoms with Gasteiger partial charge in [-0.15, -0.1) is 0 Å². The average Bonchev–Trinajstić information content (AvgIpc) is 3.33. The fourth-order valence-corrected chi connectivity index (χ4v) is 10.1. The molecule has 7 rings (SSSR count). The van der Waals surface area contributed by atoms with Gasteiger partial charge in [-0.2, -0.15) is 0 Å². The molecule has 1 N–H and O–H groups in total. The van der Waals surface area contributed by atoms with Crippen LogP contribution in [0.3, 0.4) is 0 Å². The Hall–Kier alpha value is -2.27. The summed E-state index contributed by atoms with van der Waals surface area (Å²) in [6.07, 6.45) is -0.767. The van der Waals surface area contributed by atoms with Crippen LogP contribution < -0.4 is 4.74 Å². The zero-order chi connectivity index (χ0) is 28.3. The lowest BCUT2D eigenvalue weighted by Crippen LogP contribution is -2.49. The lowest BCUT2D eigenvalue weighted by molar-refractivity contribution is -0.168. The van der Waals surface area contributed by atoms with Crippen LogP contribution >= 0.6 is 67.8 Å². The van der Waals surface area contributed by atoms with Crippen molar-refractivity contribution in [3.63, 3.8) is 0 Å². The Morgan fingerprint density at radius 3 is 1.82 bits per heavy atom. The first-order chi connectivity index (χ1) is 19.2. The molecule has 3 atom stereocenters. The molecule has 4 aliphatic rings. The second kappa shape index (κ2) is 10.9. The number of rotatable bonds is 5. The molecular formula is C29H19I3O8. The fourth-order valence-electron chi connectivity index (χ4n) is 6.08. The molecule has 0 spiro atoms. The number of carboxylic acid groups (broad SMARTS) is 1. The van der Waals surface area contributed by atoms with E-state index in [9.17, 15) is 24.3 Å². The van der Waals surface area contributed by atoms with Crippen molar-refractivity contribution in [2.75, 3.05) is 6.61 Å². The first-order valence-electron chi connectivity index (χ1n) is 12.4. The first kappa shape index (κ1) is 27.9. The van der Waals surface area contributed by atoms with Crippen molar-refractivity contribution in [2.24, 2.45) is 11.8 Å². The van der Waals surface area contributed by atoms with Crippen LogP contribution in [-0.2, 0) is 23.9 Å². The molecule has 40 heavy (non-hydrogen) atoms. The minimum Gasteiger partial charge on any atom is -0.478 e. The molecule has 1 aliphatic heterocycles. The summed E-state index contributed by atoms with van der Waals surface area (Å²) in [5.41, 5.74) is 3.75. The van der Waals surface area contributed by atoms with E-state index < -0.39 is 53.7 Å². The van der Waals surface area contributed by atoms with Crippen molar-refractivity contribution in [2.45, 2.75) is 24.4 Å². The molecule has 0 radical (unpaired) electrons. The van der Waals surface area contributed by atoms with Gasteiger partial charge in [0.25, 0.3) is 0 Å². The highest BCUT2D eigenvalue weighted by Gasteiger charge is 2.57. The largest absolute Gasteiger partial charge is 0.478 e. The molecule has 1 saturated heterocycles. The maximum atomic E-state index is 14.2. The molecule has 1 heterocycles. The van der Waals surface area contributed by atoms with Gasteiger partial charge in [-0.1, -0.05) is 48.5 Å². The summed E-state index contributed by atoms with van der Waals surface area (Å²) < 4.78 is 18.1. The highest BCUT2D eigenvalue weighted by Crippen LogP contribution is 2.59. The number of aromatic carboxylic acids is 1. The van der Waals surface area contributed by atoms with Crippen LogP contribution in [0.5, 0.6) is 5.75 Å². The highest BCUT2D eigenvalue weighted by atomic mass is 127. The van der Waals surface area contributed by atoms with E-state index in [0.29, 0.717) is 10.7 Å². The van der Waals surface area contributed by atoms with Gasteiger partial charge in [0.1, 0.15) is 0 Å². The third-order valence-corrected chi connectivity index (χ3v) is 10.4. The summed E-state index contributed by atoms with van der Waals surface area (Å²) in [6, 6.07) is 17.1. The van der Waals surface area contributed by atoms with Gasteiger partial charge in [0.05, 0.1) is 31.1 Å². The van der Waals surface area contributed by atoms with Crippen LogP contribution in [0.1, 0.15) is 50.9 Å². The second-order valence-electron chi connectivity index (χ2n) is 9.73. The van der Waals surface area contributed by atoms with E-state index in [1.807, 2.05) is 116 Å². The van der Waals surface area contributed by atoms with E-state index in [1.54, 1.807) is 6.07 Å². The number of halogens is 3. The van der Waals surface area contributed by atoms with E-state index >= 15 is 0 Å². The van der Waals surface area contributed by atoms with Crippen LogP contribution in [0, 0.1) is 22.5 Å². The van der Waals surface area contributed by atoms with Crippen molar-refractivity contribution in [1.29, 1.82) is 0 Å². The summed E-state index contributed by atoms with van der Waals surface area (Å²) in [5, 5.41) is 9.77. The van der Waals surface area contributed by atoms with Crippen molar-refractivity contribution >= 4 is 91.6 Å². The molecule has 2 bridgehead atoms. The fraction of sp³-hybridized carbons (Fsp3) is 0.241. The normalized spacial score (nSPS) is 24.1. The van der Waals surface area contributed by atoms with Gasteiger partial charge in [-0.25, -0.2) is 9.59 Å². The molecular weight excluding hydrogens is 857 g/mol. The smallest absolute Gasteiger partial charge is 0.347 e. The number of carbonyl (C=O) groups excluding carboxylic acids is 3. The van der Waals surface area contributed by atoms with Crippen molar-refractivity contribution in [3.8, 4) is 5.75 Å². The minimum absolute atomic E-state index is 0.0426. The number of hydrogen-bond acceptors (Lipinski definition) is 7. The van der Waals surface area contributed by atoms with Crippen LogP contribution in [0.4, 0.5) is 0 Å². The molecule has 3 aromatic rings. The Bertz CT molecular complexity index is 1550. The molecule has 0 amide bonds. The number of carbonyl (C=O) groups is 4. The Morgan fingerprint density at radius 1 is 0.825 bits per heavy atom. The molecule has 3 aliphatic carbocycles. The van der Waals surface area contributed by atoms with Gasteiger partial charge >= 0.3 is 23.9 Å². The molecule has 11 heteroatoms. The van der Waals surface area contributed by atoms with Crippen LogP contribution in [0.2, 0.25) is 0 Å². The van der Waals surface area contributed by atoms with Crippen LogP contribution in [0.15, 0.2) is 54.6 Å². The molecule has 0 aromatic heterocycles. The second-order valence-corrected chi connectivity index (χ2v) is 13.1. The average molecular weight is 876 g/mol. The molecule has 1 fully saturated rings. The van der Waals surface area contributed by atoms with E-state index in [-0.39, 0.29) is 24.3 Å². The third-order valence-electron chi connectivity index (χ3n) is 7.67. The quantitative estimate of drug-likeness (QED) is 0.204. The summed E-state index contributed by atoms with van der Waals surface area (Å²) in [7, 11) is 0. The summed E-state index contributed by atoms with van der Waals surface area (Å²) >= 11 is 5.83. The number of ether oxygens (including phenoxy) is 3. The molecule has 8 nitrogen and oxygen atoms in total. The maximum absolute atomic E-state index is 14.2. The maximum Gasteiger partial charge on any atom is 0.347 e. The van der Waals surface area contributed by atoms with Gasteiger partial charge in [0.15, 0.2) is 5.75 Å². The number of benzene rings is 3. The van der Waals surface area contributed by atoms with E-state index in [1.165, 1.54) is 0 Å². The van der Waals surface area contributed by atoms with Gasteiger partial charge in [-0.3, -0.25) is 9.59 Å². The Balaban J connectivity index is 1.47. The van der Waals surface area contributed by atoms with Gasteiger partial charge in [-0.05, 0) is 96.1 Å². The highest BCUT2D eigenvalue weighted by molar-refractivity contribution is 14.1. The molecule has 204 valence electrons. The van der Waals surface area contributed by atoms with E-state index in [0.717, 1.165) is 22.3 Å². The van der Waals surface area contributed by atoms with Crippen LogP contribution in [-0.4, -0.2) is 41.7 Å². The number of cyclic esters (lactones) is 1. The predicted molar refractivity (Wildman–Crippen MR) is 166 cm³/mol. The molecule has 0 saturated carbocycles. The number of hydrogen-bond donors (Lipinski definition) is 1. The van der Waals surface area contributed by atoms with Gasteiger partial charge in [0, 0.05) is 21.8 Å². The topological polar surface area (TPSA) is 116 Å². The van der Waals surface area contributed by atoms with Crippen molar-refractivity contribution in [1.82, 2.24) is 0 Å². The predicted octanol–water partition coefficient (Wildman–Crippen LogP) is 5.49. The summed E-state index contributed by atoms with van der Waals surface area (Å²) in [5.74, 6) is -5.86. The SMILES string of the molecule is O=C(O)c1c(I)cc(I)c(OC(=O)C2C3c4ccccc4C(c4ccccc43)C2C(=O)OC2CCOC2=O)c1I. The van der Waals surface area contributed by atoms with Gasteiger partial charge in [0.2, 0.25) is 6.10 Å². The number of esters is 3. The Morgan fingerprint density at radius 2 is 1.35 bits per heavy atom. The third kappa shape index (κ3) is 4.51. The Kier molecular flexibility index (Phi) is 7.56. The summed E-state index contributed by atoms with van der Waals surface area (Å²) in [6.45, 7) is 0.167. The Labute approximate surface area is 269 Å². The lowest BCUT2D eigenvalue weighted by Gasteiger charge is -2.48. The van der Waals surface area contributed by atoms with E-state index in [4.69, 9.17) is 14.2 Å². The van der Waals surface area contributed by atoms with Crippen molar-refractivity contribution in [3.05, 3.63) is 93.1 Å². The molecule has 3 unspecified atom stereocenters. The first-order valence-corrected chi connectivity index (χ1v) is 15.6. The van der Waals surface area contributed by atoms with E-state index in [2.05, 4.69) is 0 Å². The zero-order valence-corrected chi connectivity index (χ0v) is 26.9. The number of fused-ring (bicyclic) bond motifs is 1. The molecule has 3 aromatic carbocycles. The minimum atomic E-state index is -1.13. The lowest BCUT2D eigenvalue weighted by atomic mass is 9.54. The standard InChI is InChI=1S/C29H19I3O8/c30-16-11-17(31)25(24(32)21(16)26(33)34)40-29(37)23-20-14-7-3-1-5-12(14)19(13-6-2-4-8-15(13)20)22(23)28(36)39-18-9-10-38-27(18)35/h1-8,11,18-20,22-23H,9-10H2,(H,33,34). The van der Waals surface area contributed by atoms with Gasteiger partial charge < -0.3 is 19.3 Å². The van der Waals surface area contributed by atoms with Crippen LogP contribution in [0.25, 0.3) is 0 Å². The number of carboxylic acids is 1. The summed E-state index contributed by atoms with van der Waals surface area (Å²) in [4.78, 5) is 52.2. The van der Waals surface area contributed by atoms with Crippen molar-refractivity contribution < 1.29 is 38.5 Å².